The highest BCUT2D eigenvalue weighted by molar-refractivity contribution is 5.79. The Morgan fingerprint density at radius 2 is 1.85 bits per heavy atom. The summed E-state index contributed by atoms with van der Waals surface area (Å²) in [5, 5.41) is 3.23. The van der Waals surface area contributed by atoms with Gasteiger partial charge in [-0.15, -0.1) is 0 Å². The number of carbonyl (C=O) groups excluding carboxylic acids is 2. The SMILES string of the molecule is CCOC(=O)CCC1CCC(NC(=O)C2CCCC(N=C(N)N)C2)CC1. The second-order valence-electron chi connectivity index (χ2n) is 7.64. The van der Waals surface area contributed by atoms with Crippen LogP contribution in [0.1, 0.15) is 71.1 Å². The maximum atomic E-state index is 12.6. The monoisotopic (exact) mass is 366 g/mol. The molecule has 2 fully saturated rings. The van der Waals surface area contributed by atoms with Crippen LogP contribution in [0.2, 0.25) is 0 Å². The van der Waals surface area contributed by atoms with Gasteiger partial charge in [-0.1, -0.05) is 6.42 Å². The second kappa shape index (κ2) is 10.4. The predicted octanol–water partition coefficient (Wildman–Crippen LogP) is 1.84. The molecule has 0 radical (unpaired) electrons. The molecule has 0 bridgehead atoms. The predicted molar refractivity (Wildman–Crippen MR) is 101 cm³/mol. The Bertz CT molecular complexity index is 497. The van der Waals surface area contributed by atoms with Gasteiger partial charge in [-0.25, -0.2) is 0 Å². The van der Waals surface area contributed by atoms with Crippen LogP contribution in [-0.2, 0) is 14.3 Å². The lowest BCUT2D eigenvalue weighted by Gasteiger charge is -2.32. The van der Waals surface area contributed by atoms with E-state index in [0.29, 0.717) is 18.9 Å². The third kappa shape index (κ3) is 6.84. The zero-order chi connectivity index (χ0) is 18.9. The molecular formula is C19H34N4O3. The lowest BCUT2D eigenvalue weighted by Crippen LogP contribution is -2.42. The van der Waals surface area contributed by atoms with Gasteiger partial charge in [0.05, 0.1) is 12.6 Å². The van der Waals surface area contributed by atoms with Gasteiger partial charge in [0.1, 0.15) is 0 Å². The quantitative estimate of drug-likeness (QED) is 0.361. The van der Waals surface area contributed by atoms with Crippen molar-refractivity contribution in [2.45, 2.75) is 83.2 Å². The topological polar surface area (TPSA) is 120 Å². The Morgan fingerprint density at radius 1 is 1.12 bits per heavy atom. The lowest BCUT2D eigenvalue weighted by atomic mass is 9.82. The number of esters is 1. The van der Waals surface area contributed by atoms with Crippen molar-refractivity contribution in [3.63, 3.8) is 0 Å². The summed E-state index contributed by atoms with van der Waals surface area (Å²) < 4.78 is 4.99. The average Bonchev–Trinajstić information content (AvgIpc) is 2.61. The van der Waals surface area contributed by atoms with Crippen LogP contribution in [0.4, 0.5) is 0 Å². The van der Waals surface area contributed by atoms with Crippen molar-refractivity contribution in [1.82, 2.24) is 5.32 Å². The molecule has 0 saturated heterocycles. The summed E-state index contributed by atoms with van der Waals surface area (Å²) in [4.78, 5) is 28.3. The highest BCUT2D eigenvalue weighted by Crippen LogP contribution is 2.30. The Morgan fingerprint density at radius 3 is 2.50 bits per heavy atom. The minimum atomic E-state index is -0.101. The molecule has 0 heterocycles. The fraction of sp³-hybridized carbons (Fsp3) is 0.842. The van der Waals surface area contributed by atoms with Crippen molar-refractivity contribution in [2.75, 3.05) is 6.61 Å². The number of amides is 1. The summed E-state index contributed by atoms with van der Waals surface area (Å²) >= 11 is 0. The summed E-state index contributed by atoms with van der Waals surface area (Å²) in [5.74, 6) is 0.732. The summed E-state index contributed by atoms with van der Waals surface area (Å²) in [6.07, 6.45) is 9.08. The molecule has 2 aliphatic carbocycles. The summed E-state index contributed by atoms with van der Waals surface area (Å²) in [5.41, 5.74) is 10.9. The van der Waals surface area contributed by atoms with E-state index in [1.807, 2.05) is 6.92 Å². The van der Waals surface area contributed by atoms with E-state index in [2.05, 4.69) is 10.3 Å². The highest BCUT2D eigenvalue weighted by atomic mass is 16.5. The molecule has 2 atom stereocenters. The first kappa shape index (κ1) is 20.5. The minimum absolute atomic E-state index is 0.0124. The number of carbonyl (C=O) groups is 2. The normalized spacial score (nSPS) is 28.8. The van der Waals surface area contributed by atoms with Gasteiger partial charge in [0.15, 0.2) is 5.96 Å². The summed E-state index contributed by atoms with van der Waals surface area (Å²) in [6, 6.07) is 0.327. The number of nitrogens with one attached hydrogen (secondary N) is 1. The second-order valence-corrected chi connectivity index (χ2v) is 7.64. The first-order chi connectivity index (χ1) is 12.5. The fourth-order valence-electron chi connectivity index (χ4n) is 4.20. The summed E-state index contributed by atoms with van der Waals surface area (Å²) in [7, 11) is 0. The van der Waals surface area contributed by atoms with E-state index in [1.54, 1.807) is 0 Å². The molecule has 148 valence electrons. The molecule has 5 N–H and O–H groups in total. The lowest BCUT2D eigenvalue weighted by molar-refractivity contribution is -0.143. The van der Waals surface area contributed by atoms with Crippen LogP contribution in [0.15, 0.2) is 4.99 Å². The van der Waals surface area contributed by atoms with E-state index in [9.17, 15) is 9.59 Å². The molecule has 2 aliphatic rings. The van der Waals surface area contributed by atoms with Gasteiger partial charge in [-0.2, -0.15) is 0 Å². The number of guanidine groups is 1. The number of ether oxygens (including phenoxy) is 1. The molecule has 1 amide bonds. The molecule has 7 heteroatoms. The van der Waals surface area contributed by atoms with Gasteiger partial charge in [0.25, 0.3) is 0 Å². The van der Waals surface area contributed by atoms with E-state index < -0.39 is 0 Å². The Balaban J connectivity index is 1.69. The molecule has 26 heavy (non-hydrogen) atoms. The van der Waals surface area contributed by atoms with Gasteiger partial charge < -0.3 is 21.5 Å². The van der Waals surface area contributed by atoms with E-state index >= 15 is 0 Å². The average molecular weight is 367 g/mol. The van der Waals surface area contributed by atoms with E-state index in [4.69, 9.17) is 16.2 Å². The van der Waals surface area contributed by atoms with E-state index in [0.717, 1.165) is 57.8 Å². The van der Waals surface area contributed by atoms with Crippen molar-refractivity contribution < 1.29 is 14.3 Å². The van der Waals surface area contributed by atoms with Crippen LogP contribution in [0.3, 0.4) is 0 Å². The van der Waals surface area contributed by atoms with Gasteiger partial charge in [0.2, 0.25) is 5.91 Å². The number of aliphatic imine (C=N–C) groups is 1. The van der Waals surface area contributed by atoms with Crippen LogP contribution in [0.25, 0.3) is 0 Å². The first-order valence-electron chi connectivity index (χ1n) is 10.0. The molecule has 0 aromatic rings. The number of nitrogens with zero attached hydrogens (tertiary/aromatic N) is 1. The maximum Gasteiger partial charge on any atom is 0.305 e. The molecule has 0 spiro atoms. The standard InChI is InChI=1S/C19H34N4O3/c1-2-26-17(24)11-8-13-6-9-15(10-7-13)22-18(25)14-4-3-5-16(12-14)23-19(20)21/h13-16H,2-12H2,1H3,(H,22,25)(H4,20,21,23). The van der Waals surface area contributed by atoms with Crippen molar-refractivity contribution in [3.8, 4) is 0 Å². The molecular weight excluding hydrogens is 332 g/mol. The first-order valence-corrected chi connectivity index (χ1v) is 10.0. The van der Waals surface area contributed by atoms with Crippen molar-refractivity contribution in [1.29, 1.82) is 0 Å². The van der Waals surface area contributed by atoms with E-state index in [1.165, 1.54) is 0 Å². The molecule has 2 unspecified atom stereocenters. The Hall–Kier alpha value is -1.79. The number of rotatable bonds is 7. The van der Waals surface area contributed by atoms with Crippen LogP contribution < -0.4 is 16.8 Å². The summed E-state index contributed by atoms with van der Waals surface area (Å²) in [6.45, 7) is 2.28. The van der Waals surface area contributed by atoms with Gasteiger partial charge in [0, 0.05) is 18.4 Å². The van der Waals surface area contributed by atoms with Crippen LogP contribution in [0, 0.1) is 11.8 Å². The number of nitrogens with two attached hydrogens (primary N) is 2. The fourth-order valence-corrected chi connectivity index (χ4v) is 4.20. The smallest absolute Gasteiger partial charge is 0.305 e. The largest absolute Gasteiger partial charge is 0.466 e. The molecule has 2 rings (SSSR count). The minimum Gasteiger partial charge on any atom is -0.466 e. The van der Waals surface area contributed by atoms with Crippen LogP contribution in [0.5, 0.6) is 0 Å². The van der Waals surface area contributed by atoms with Gasteiger partial charge in [-0.3, -0.25) is 14.6 Å². The Labute approximate surface area is 156 Å². The van der Waals surface area contributed by atoms with Crippen molar-refractivity contribution >= 4 is 17.8 Å². The van der Waals surface area contributed by atoms with Gasteiger partial charge in [-0.05, 0) is 64.2 Å². The number of hydrogen-bond acceptors (Lipinski definition) is 4. The molecule has 7 nitrogen and oxygen atoms in total. The van der Waals surface area contributed by atoms with E-state index in [-0.39, 0.29) is 35.8 Å². The number of hydrogen-bond donors (Lipinski definition) is 3. The van der Waals surface area contributed by atoms with Crippen molar-refractivity contribution in [2.24, 2.45) is 28.3 Å². The van der Waals surface area contributed by atoms with Crippen LogP contribution >= 0.6 is 0 Å². The maximum absolute atomic E-state index is 12.6. The van der Waals surface area contributed by atoms with Crippen molar-refractivity contribution in [3.05, 3.63) is 0 Å². The highest BCUT2D eigenvalue weighted by Gasteiger charge is 2.30. The third-order valence-electron chi connectivity index (χ3n) is 5.60. The zero-order valence-corrected chi connectivity index (χ0v) is 15.9. The molecule has 2 saturated carbocycles. The van der Waals surface area contributed by atoms with Gasteiger partial charge >= 0.3 is 5.97 Å². The third-order valence-corrected chi connectivity index (χ3v) is 5.60. The molecule has 0 aromatic carbocycles. The zero-order valence-electron chi connectivity index (χ0n) is 15.9. The Kier molecular flexibility index (Phi) is 8.19. The molecule has 0 aromatic heterocycles. The van der Waals surface area contributed by atoms with Crippen LogP contribution in [-0.4, -0.2) is 36.5 Å². The molecule has 0 aliphatic heterocycles.